The second-order valence-corrected chi connectivity index (χ2v) is 6.25. The zero-order valence-corrected chi connectivity index (χ0v) is 10.4. The van der Waals surface area contributed by atoms with Crippen molar-refractivity contribution in [2.24, 2.45) is 11.8 Å². The lowest BCUT2D eigenvalue weighted by Crippen LogP contribution is -2.37. The van der Waals surface area contributed by atoms with E-state index >= 15 is 0 Å². The third-order valence-corrected chi connectivity index (χ3v) is 4.20. The van der Waals surface area contributed by atoms with Gasteiger partial charge in [0.1, 0.15) is 0 Å². The molecule has 1 aliphatic rings. The normalized spacial score (nSPS) is 35.5. The second-order valence-electron chi connectivity index (χ2n) is 4.70. The third kappa shape index (κ3) is 4.09. The highest BCUT2D eigenvalue weighted by atomic mass is 32.2. The molecule has 0 saturated heterocycles. The topological polar surface area (TPSA) is 29.1 Å². The molecular weight excluding hydrogens is 194 g/mol. The Bertz CT molecular complexity index is 196. The first kappa shape index (κ1) is 12.2. The van der Waals surface area contributed by atoms with Crippen molar-refractivity contribution in [3.63, 3.8) is 0 Å². The lowest BCUT2D eigenvalue weighted by Gasteiger charge is -2.32. The van der Waals surface area contributed by atoms with Gasteiger partial charge < -0.3 is 5.32 Å². The van der Waals surface area contributed by atoms with Crippen LogP contribution in [0.5, 0.6) is 0 Å². The first-order chi connectivity index (χ1) is 6.59. The van der Waals surface area contributed by atoms with Crippen LogP contribution in [-0.2, 0) is 10.8 Å². The van der Waals surface area contributed by atoms with Crippen LogP contribution in [0.2, 0.25) is 0 Å². The smallest absolute Gasteiger partial charge is 0.0357 e. The van der Waals surface area contributed by atoms with Crippen molar-refractivity contribution in [1.29, 1.82) is 0 Å². The summed E-state index contributed by atoms with van der Waals surface area (Å²) in [4.78, 5) is 0. The number of nitrogens with one attached hydrogen (secondary N) is 1. The Hall–Kier alpha value is 0.110. The Labute approximate surface area is 90.3 Å². The molecule has 0 aliphatic heterocycles. The van der Waals surface area contributed by atoms with E-state index in [9.17, 15) is 4.21 Å². The maximum Gasteiger partial charge on any atom is 0.0357 e. The van der Waals surface area contributed by atoms with Crippen LogP contribution >= 0.6 is 0 Å². The van der Waals surface area contributed by atoms with Gasteiger partial charge in [-0.1, -0.05) is 13.8 Å². The Kier molecular flexibility index (Phi) is 5.10. The zero-order valence-electron chi connectivity index (χ0n) is 9.58. The standard InChI is InChI=1S/C11H23NOS/c1-9-4-5-11(8-10(9)2)12-6-7-14(3)13/h9-12H,4-8H2,1-3H3/t9-,10+,11+,14+/m1/s1. The molecule has 1 fully saturated rings. The summed E-state index contributed by atoms with van der Waals surface area (Å²) in [5.41, 5.74) is 0. The predicted octanol–water partition coefficient (Wildman–Crippen LogP) is 1.78. The molecule has 4 atom stereocenters. The summed E-state index contributed by atoms with van der Waals surface area (Å²) in [7, 11) is -0.648. The van der Waals surface area contributed by atoms with Gasteiger partial charge >= 0.3 is 0 Å². The minimum absolute atomic E-state index is 0.648. The summed E-state index contributed by atoms with van der Waals surface area (Å²) in [6.45, 7) is 5.60. The van der Waals surface area contributed by atoms with Crippen molar-refractivity contribution < 1.29 is 4.21 Å². The van der Waals surface area contributed by atoms with E-state index in [1.165, 1.54) is 19.3 Å². The molecule has 0 aromatic rings. The molecule has 1 rings (SSSR count). The fourth-order valence-corrected chi connectivity index (χ4v) is 2.55. The van der Waals surface area contributed by atoms with Gasteiger partial charge in [-0.05, 0) is 31.1 Å². The van der Waals surface area contributed by atoms with Gasteiger partial charge in [0, 0.05) is 35.4 Å². The van der Waals surface area contributed by atoms with Crippen LogP contribution in [0.4, 0.5) is 0 Å². The monoisotopic (exact) mass is 217 g/mol. The molecule has 0 spiro atoms. The van der Waals surface area contributed by atoms with Gasteiger partial charge in [0.2, 0.25) is 0 Å². The molecule has 0 amide bonds. The van der Waals surface area contributed by atoms with Crippen molar-refractivity contribution in [2.75, 3.05) is 18.6 Å². The third-order valence-electron chi connectivity index (χ3n) is 3.42. The van der Waals surface area contributed by atoms with Gasteiger partial charge in [0.25, 0.3) is 0 Å². The minimum Gasteiger partial charge on any atom is -0.313 e. The Morgan fingerprint density at radius 3 is 2.57 bits per heavy atom. The van der Waals surface area contributed by atoms with Gasteiger partial charge in [0.05, 0.1) is 0 Å². The van der Waals surface area contributed by atoms with Crippen LogP contribution in [0, 0.1) is 11.8 Å². The first-order valence-corrected chi connectivity index (χ1v) is 7.35. The van der Waals surface area contributed by atoms with E-state index in [0.29, 0.717) is 6.04 Å². The predicted molar refractivity (Wildman–Crippen MR) is 62.9 cm³/mol. The second kappa shape index (κ2) is 5.86. The largest absolute Gasteiger partial charge is 0.313 e. The van der Waals surface area contributed by atoms with Crippen molar-refractivity contribution in [2.45, 2.75) is 39.2 Å². The fourth-order valence-electron chi connectivity index (χ4n) is 2.14. The fraction of sp³-hybridized carbons (Fsp3) is 1.00. The van der Waals surface area contributed by atoms with Crippen molar-refractivity contribution in [3.05, 3.63) is 0 Å². The summed E-state index contributed by atoms with van der Waals surface area (Å²) in [5.74, 6) is 2.52. The molecule has 0 bridgehead atoms. The highest BCUT2D eigenvalue weighted by Gasteiger charge is 2.23. The average Bonchev–Trinajstić information content (AvgIpc) is 2.10. The Balaban J connectivity index is 2.16. The van der Waals surface area contributed by atoms with Gasteiger partial charge in [-0.2, -0.15) is 0 Å². The van der Waals surface area contributed by atoms with Crippen LogP contribution in [0.15, 0.2) is 0 Å². The molecule has 0 aromatic carbocycles. The maximum atomic E-state index is 10.9. The van der Waals surface area contributed by atoms with E-state index in [2.05, 4.69) is 19.2 Å². The number of hydrogen-bond donors (Lipinski definition) is 1. The number of hydrogen-bond acceptors (Lipinski definition) is 2. The van der Waals surface area contributed by atoms with Crippen LogP contribution in [0.3, 0.4) is 0 Å². The Morgan fingerprint density at radius 2 is 2.00 bits per heavy atom. The molecule has 1 saturated carbocycles. The summed E-state index contributed by atoms with van der Waals surface area (Å²) < 4.78 is 10.9. The lowest BCUT2D eigenvalue weighted by molar-refractivity contribution is 0.228. The molecule has 3 heteroatoms. The first-order valence-electron chi connectivity index (χ1n) is 5.63. The molecule has 0 heterocycles. The SMILES string of the molecule is C[C@@H]1CC[C@H](NCC[S@](C)=O)C[C@@H]1C. The summed E-state index contributed by atoms with van der Waals surface area (Å²) in [5, 5.41) is 3.51. The zero-order chi connectivity index (χ0) is 10.6. The maximum absolute atomic E-state index is 10.9. The highest BCUT2D eigenvalue weighted by Crippen LogP contribution is 2.29. The molecule has 2 nitrogen and oxygen atoms in total. The van der Waals surface area contributed by atoms with E-state index in [1.54, 1.807) is 6.26 Å². The van der Waals surface area contributed by atoms with Crippen LogP contribution in [-0.4, -0.2) is 28.8 Å². The summed E-state index contributed by atoms with van der Waals surface area (Å²) in [6.07, 6.45) is 5.70. The minimum atomic E-state index is -0.648. The van der Waals surface area contributed by atoms with E-state index in [4.69, 9.17) is 0 Å². The van der Waals surface area contributed by atoms with Gasteiger partial charge in [-0.3, -0.25) is 4.21 Å². The lowest BCUT2D eigenvalue weighted by atomic mass is 9.79. The van der Waals surface area contributed by atoms with Gasteiger partial charge in [0.15, 0.2) is 0 Å². The summed E-state index contributed by atoms with van der Waals surface area (Å²) >= 11 is 0. The van der Waals surface area contributed by atoms with Gasteiger partial charge in [-0.15, -0.1) is 0 Å². The van der Waals surface area contributed by atoms with Crippen molar-refractivity contribution in [1.82, 2.24) is 5.32 Å². The van der Waals surface area contributed by atoms with E-state index < -0.39 is 10.8 Å². The number of rotatable bonds is 4. The molecular formula is C11H23NOS. The molecule has 0 radical (unpaired) electrons. The molecule has 1 N–H and O–H groups in total. The average molecular weight is 217 g/mol. The van der Waals surface area contributed by atoms with E-state index in [1.807, 2.05) is 0 Å². The Morgan fingerprint density at radius 1 is 1.29 bits per heavy atom. The van der Waals surface area contributed by atoms with Gasteiger partial charge in [-0.25, -0.2) is 0 Å². The molecule has 84 valence electrons. The molecule has 0 aromatic heterocycles. The van der Waals surface area contributed by atoms with Crippen LogP contribution < -0.4 is 5.32 Å². The van der Waals surface area contributed by atoms with E-state index in [0.717, 1.165) is 24.1 Å². The summed E-state index contributed by atoms with van der Waals surface area (Å²) in [6, 6.07) is 0.671. The molecule has 1 aliphatic carbocycles. The van der Waals surface area contributed by atoms with Crippen LogP contribution in [0.25, 0.3) is 0 Å². The highest BCUT2D eigenvalue weighted by molar-refractivity contribution is 7.84. The molecule has 0 unspecified atom stereocenters. The molecule has 14 heavy (non-hydrogen) atoms. The quantitative estimate of drug-likeness (QED) is 0.778. The van der Waals surface area contributed by atoms with Crippen LogP contribution in [0.1, 0.15) is 33.1 Å². The van der Waals surface area contributed by atoms with Crippen molar-refractivity contribution >= 4 is 10.8 Å². The van der Waals surface area contributed by atoms with E-state index in [-0.39, 0.29) is 0 Å². The van der Waals surface area contributed by atoms with Crippen molar-refractivity contribution in [3.8, 4) is 0 Å².